The standard InChI is InChI=1S/C29H28ClN5O4/c1-5-39-23-14-13-18(16-24(23)38-4)26-25(28(36)32-21-11-6-7-12-22(21)37-3)17(2)31-29-33-27(34-35(26)29)19-9-8-10-20(30)15-19/h6-16,26H,5H2,1-4H3,(H,32,36)(H,31,33,34). The van der Waals surface area contributed by atoms with Gasteiger partial charge in [-0.15, -0.1) is 5.10 Å². The molecule has 9 nitrogen and oxygen atoms in total. The summed E-state index contributed by atoms with van der Waals surface area (Å²) < 4.78 is 18.5. The Bertz CT molecular complexity index is 1570. The lowest BCUT2D eigenvalue weighted by Crippen LogP contribution is -2.31. The van der Waals surface area contributed by atoms with Crippen molar-refractivity contribution in [2.45, 2.75) is 19.9 Å². The number of carbonyl (C=O) groups excluding carboxylic acids is 1. The highest BCUT2D eigenvalue weighted by Crippen LogP contribution is 2.40. The van der Waals surface area contributed by atoms with E-state index in [1.165, 1.54) is 0 Å². The van der Waals surface area contributed by atoms with E-state index in [1.54, 1.807) is 43.2 Å². The number of aromatic nitrogens is 3. The van der Waals surface area contributed by atoms with Gasteiger partial charge in [-0.2, -0.15) is 4.98 Å². The van der Waals surface area contributed by atoms with Crippen molar-refractivity contribution < 1.29 is 19.0 Å². The van der Waals surface area contributed by atoms with Crippen LogP contribution in [0.5, 0.6) is 17.2 Å². The predicted octanol–water partition coefficient (Wildman–Crippen LogP) is 5.94. The number of nitrogens with zero attached hydrogens (tertiary/aromatic N) is 3. The first-order valence-electron chi connectivity index (χ1n) is 12.4. The van der Waals surface area contributed by atoms with E-state index in [0.29, 0.717) is 57.6 Å². The van der Waals surface area contributed by atoms with Crippen molar-refractivity contribution in [1.82, 2.24) is 14.8 Å². The Hall–Kier alpha value is -4.50. The number of rotatable bonds is 8. The molecule has 0 radical (unpaired) electrons. The third-order valence-corrected chi connectivity index (χ3v) is 6.57. The molecule has 0 saturated carbocycles. The summed E-state index contributed by atoms with van der Waals surface area (Å²) in [7, 11) is 3.14. The van der Waals surface area contributed by atoms with Gasteiger partial charge in [0.25, 0.3) is 5.91 Å². The molecule has 1 aliphatic heterocycles. The third kappa shape index (κ3) is 5.13. The lowest BCUT2D eigenvalue weighted by atomic mass is 9.94. The molecule has 3 aromatic carbocycles. The van der Waals surface area contributed by atoms with E-state index >= 15 is 0 Å². The maximum atomic E-state index is 13.9. The molecule has 1 unspecified atom stereocenters. The number of methoxy groups -OCH3 is 2. The number of hydrogen-bond acceptors (Lipinski definition) is 7. The molecule has 0 saturated heterocycles. The van der Waals surface area contributed by atoms with Gasteiger partial charge in [0.15, 0.2) is 17.3 Å². The molecule has 200 valence electrons. The number of ether oxygens (including phenoxy) is 3. The van der Waals surface area contributed by atoms with Gasteiger partial charge in [0.1, 0.15) is 11.8 Å². The number of hydrogen-bond donors (Lipinski definition) is 2. The van der Waals surface area contributed by atoms with Crippen molar-refractivity contribution in [3.8, 4) is 28.6 Å². The second-order valence-corrected chi connectivity index (χ2v) is 9.21. The Morgan fingerprint density at radius 1 is 1.03 bits per heavy atom. The molecular weight excluding hydrogens is 518 g/mol. The van der Waals surface area contributed by atoms with E-state index in [0.717, 1.165) is 11.1 Å². The van der Waals surface area contributed by atoms with Gasteiger partial charge in [-0.3, -0.25) is 4.79 Å². The van der Waals surface area contributed by atoms with Gasteiger partial charge in [0, 0.05) is 16.3 Å². The van der Waals surface area contributed by atoms with Crippen LogP contribution in [0.2, 0.25) is 5.02 Å². The second kappa shape index (κ2) is 11.1. The van der Waals surface area contributed by atoms with Crippen LogP contribution in [-0.4, -0.2) is 41.5 Å². The molecule has 1 amide bonds. The van der Waals surface area contributed by atoms with Gasteiger partial charge in [-0.05, 0) is 55.8 Å². The van der Waals surface area contributed by atoms with Crippen LogP contribution in [0.1, 0.15) is 25.5 Å². The summed E-state index contributed by atoms with van der Waals surface area (Å²) >= 11 is 6.23. The zero-order valence-corrected chi connectivity index (χ0v) is 22.7. The molecule has 1 atom stereocenters. The average molecular weight is 546 g/mol. The number of halogens is 1. The number of fused-ring (bicyclic) bond motifs is 1. The summed E-state index contributed by atoms with van der Waals surface area (Å²) in [6.45, 7) is 4.24. The first-order chi connectivity index (χ1) is 18.9. The zero-order valence-electron chi connectivity index (χ0n) is 22.0. The minimum atomic E-state index is -0.624. The topological polar surface area (TPSA) is 99.5 Å². The van der Waals surface area contributed by atoms with Crippen LogP contribution in [0.15, 0.2) is 78.0 Å². The van der Waals surface area contributed by atoms with Crippen LogP contribution in [0.3, 0.4) is 0 Å². The molecule has 0 spiro atoms. The molecule has 2 N–H and O–H groups in total. The highest BCUT2D eigenvalue weighted by atomic mass is 35.5. The van der Waals surface area contributed by atoms with Crippen molar-refractivity contribution in [1.29, 1.82) is 0 Å². The summed E-state index contributed by atoms with van der Waals surface area (Å²) in [5.74, 6) is 2.37. The van der Waals surface area contributed by atoms with Crippen LogP contribution in [0.4, 0.5) is 11.6 Å². The largest absolute Gasteiger partial charge is 0.495 e. The molecule has 0 aliphatic carbocycles. The van der Waals surface area contributed by atoms with Crippen molar-refractivity contribution >= 4 is 29.1 Å². The predicted molar refractivity (Wildman–Crippen MR) is 151 cm³/mol. The fraction of sp³-hybridized carbons (Fsp3) is 0.207. The number of allylic oxidation sites excluding steroid dienone is 1. The van der Waals surface area contributed by atoms with E-state index in [4.69, 9.17) is 35.9 Å². The van der Waals surface area contributed by atoms with E-state index in [9.17, 15) is 4.79 Å². The van der Waals surface area contributed by atoms with Gasteiger partial charge in [0.2, 0.25) is 5.95 Å². The fourth-order valence-electron chi connectivity index (χ4n) is 4.57. The number of carbonyl (C=O) groups is 1. The lowest BCUT2D eigenvalue weighted by molar-refractivity contribution is -0.113. The Morgan fingerprint density at radius 2 is 1.82 bits per heavy atom. The van der Waals surface area contributed by atoms with Crippen LogP contribution in [0.25, 0.3) is 11.4 Å². The first-order valence-corrected chi connectivity index (χ1v) is 12.8. The number of anilines is 2. The third-order valence-electron chi connectivity index (χ3n) is 6.34. The van der Waals surface area contributed by atoms with E-state index < -0.39 is 6.04 Å². The van der Waals surface area contributed by atoms with Crippen LogP contribution >= 0.6 is 11.6 Å². The van der Waals surface area contributed by atoms with Gasteiger partial charge in [-0.1, -0.05) is 41.9 Å². The van der Waals surface area contributed by atoms with Gasteiger partial charge in [0.05, 0.1) is 32.1 Å². The number of amides is 1. The average Bonchev–Trinajstić information content (AvgIpc) is 3.36. The Balaban J connectivity index is 1.63. The number of nitrogens with one attached hydrogen (secondary N) is 2. The van der Waals surface area contributed by atoms with Crippen LogP contribution in [0, 0.1) is 0 Å². The van der Waals surface area contributed by atoms with Crippen molar-refractivity contribution in [2.24, 2.45) is 0 Å². The molecular formula is C29H28ClN5O4. The smallest absolute Gasteiger partial charge is 0.255 e. The van der Waals surface area contributed by atoms with Crippen molar-refractivity contribution in [3.05, 3.63) is 88.6 Å². The van der Waals surface area contributed by atoms with Crippen LogP contribution < -0.4 is 24.8 Å². The summed E-state index contributed by atoms with van der Waals surface area (Å²) in [5.41, 5.74) is 3.18. The Kier molecular flexibility index (Phi) is 7.42. The Labute approximate surface area is 231 Å². The van der Waals surface area contributed by atoms with Gasteiger partial charge < -0.3 is 24.8 Å². The maximum absolute atomic E-state index is 13.9. The summed E-state index contributed by atoms with van der Waals surface area (Å²) in [6.07, 6.45) is 0. The second-order valence-electron chi connectivity index (χ2n) is 8.78. The molecule has 0 bridgehead atoms. The highest BCUT2D eigenvalue weighted by Gasteiger charge is 2.35. The molecule has 1 aromatic heterocycles. The maximum Gasteiger partial charge on any atom is 0.255 e. The first kappa shape index (κ1) is 26.1. The number of benzene rings is 3. The monoisotopic (exact) mass is 545 g/mol. The highest BCUT2D eigenvalue weighted by molar-refractivity contribution is 6.30. The van der Waals surface area contributed by atoms with E-state index in [-0.39, 0.29) is 5.91 Å². The Morgan fingerprint density at radius 3 is 2.56 bits per heavy atom. The SMILES string of the molecule is CCOc1ccc(C2C(C(=O)Nc3ccccc3OC)=C(C)Nc3nc(-c4cccc(Cl)c4)nn32)cc1OC. The van der Waals surface area contributed by atoms with Gasteiger partial charge >= 0.3 is 0 Å². The quantitative estimate of drug-likeness (QED) is 0.282. The molecule has 39 heavy (non-hydrogen) atoms. The zero-order chi connectivity index (χ0) is 27.5. The van der Waals surface area contributed by atoms with E-state index in [1.807, 2.05) is 56.3 Å². The molecule has 10 heteroatoms. The minimum Gasteiger partial charge on any atom is -0.495 e. The van der Waals surface area contributed by atoms with Gasteiger partial charge in [-0.25, -0.2) is 4.68 Å². The molecule has 0 fully saturated rings. The normalized spacial score (nSPS) is 14.3. The molecule has 5 rings (SSSR count). The fourth-order valence-corrected chi connectivity index (χ4v) is 4.76. The van der Waals surface area contributed by atoms with Crippen molar-refractivity contribution in [3.63, 3.8) is 0 Å². The van der Waals surface area contributed by atoms with E-state index in [2.05, 4.69) is 10.6 Å². The lowest BCUT2D eigenvalue weighted by Gasteiger charge is -2.29. The summed E-state index contributed by atoms with van der Waals surface area (Å²) in [6, 6.07) is 19.5. The molecule has 1 aliphatic rings. The minimum absolute atomic E-state index is 0.312. The molecule has 2 heterocycles. The van der Waals surface area contributed by atoms with Crippen molar-refractivity contribution in [2.75, 3.05) is 31.5 Å². The molecule has 4 aromatic rings. The number of para-hydroxylation sites is 2. The summed E-state index contributed by atoms with van der Waals surface area (Å²) in [5, 5.41) is 11.7. The van der Waals surface area contributed by atoms with Crippen LogP contribution in [-0.2, 0) is 4.79 Å². The summed E-state index contributed by atoms with van der Waals surface area (Å²) in [4.78, 5) is 18.6.